The number of rotatable bonds is 3. The van der Waals surface area contributed by atoms with E-state index in [1.807, 2.05) is 13.0 Å². The summed E-state index contributed by atoms with van der Waals surface area (Å²) in [4.78, 5) is 25.5. The van der Waals surface area contributed by atoms with Crippen LogP contribution in [0.4, 0.5) is 0 Å². The summed E-state index contributed by atoms with van der Waals surface area (Å²) in [6, 6.07) is 5.29. The van der Waals surface area contributed by atoms with Gasteiger partial charge in [-0.1, -0.05) is 6.92 Å². The largest absolute Gasteiger partial charge is 0.466 e. The zero-order chi connectivity index (χ0) is 14.7. The molecule has 0 atom stereocenters. The number of thiophene rings is 1. The highest BCUT2D eigenvalue weighted by Crippen LogP contribution is 2.16. The summed E-state index contributed by atoms with van der Waals surface area (Å²) in [5, 5.41) is 0. The maximum atomic E-state index is 11.9. The van der Waals surface area contributed by atoms with Crippen LogP contribution in [0, 0.1) is 13.8 Å². The minimum atomic E-state index is -0.389. The highest BCUT2D eigenvalue weighted by atomic mass is 32.1. The average Bonchev–Trinajstić information content (AvgIpc) is 3.02. The summed E-state index contributed by atoms with van der Waals surface area (Å²) < 4.78 is 5.27. The van der Waals surface area contributed by atoms with Gasteiger partial charge < -0.3 is 4.42 Å². The van der Waals surface area contributed by atoms with Crippen molar-refractivity contribution in [1.82, 2.24) is 10.9 Å². The molecule has 2 N–H and O–H groups in total. The standard InChI is InChI=1S/C14H16N2O3S/c1-4-10-5-6-12(20-10)14(18)16-15-13(17)11-7-8(2)19-9(11)3/h5-7H,4H2,1-3H3,(H,15,17)(H,16,18). The quantitative estimate of drug-likeness (QED) is 0.854. The molecule has 0 radical (unpaired) electrons. The highest BCUT2D eigenvalue weighted by Gasteiger charge is 2.15. The summed E-state index contributed by atoms with van der Waals surface area (Å²) in [6.45, 7) is 5.50. The van der Waals surface area contributed by atoms with Gasteiger partial charge in [0.1, 0.15) is 11.5 Å². The number of hydrazine groups is 1. The van der Waals surface area contributed by atoms with E-state index >= 15 is 0 Å². The second kappa shape index (κ2) is 5.92. The minimum Gasteiger partial charge on any atom is -0.466 e. The first-order valence-electron chi connectivity index (χ1n) is 6.27. The van der Waals surface area contributed by atoms with Crippen molar-refractivity contribution in [3.05, 3.63) is 45.0 Å². The minimum absolute atomic E-state index is 0.319. The number of carbonyl (C=O) groups excluding carboxylic acids is 2. The maximum absolute atomic E-state index is 11.9. The van der Waals surface area contributed by atoms with Crippen LogP contribution in [0.5, 0.6) is 0 Å². The molecule has 0 saturated heterocycles. The predicted octanol–water partition coefficient (Wildman–Crippen LogP) is 2.60. The number of aryl methyl sites for hydroxylation is 3. The molecule has 2 amide bonds. The lowest BCUT2D eigenvalue weighted by Gasteiger charge is -2.05. The lowest BCUT2D eigenvalue weighted by atomic mass is 10.2. The molecule has 20 heavy (non-hydrogen) atoms. The summed E-state index contributed by atoms with van der Waals surface area (Å²) in [5.41, 5.74) is 5.21. The first-order valence-corrected chi connectivity index (χ1v) is 7.09. The Morgan fingerprint density at radius 2 is 1.90 bits per heavy atom. The molecule has 2 rings (SSSR count). The molecule has 2 aromatic rings. The van der Waals surface area contributed by atoms with E-state index < -0.39 is 0 Å². The van der Waals surface area contributed by atoms with Gasteiger partial charge in [-0.2, -0.15) is 0 Å². The zero-order valence-electron chi connectivity index (χ0n) is 11.6. The van der Waals surface area contributed by atoms with Crippen molar-refractivity contribution in [1.29, 1.82) is 0 Å². The number of amides is 2. The fourth-order valence-electron chi connectivity index (χ4n) is 1.79. The van der Waals surface area contributed by atoms with Gasteiger partial charge in [0.15, 0.2) is 0 Å². The molecule has 0 saturated carbocycles. The third-order valence-electron chi connectivity index (χ3n) is 2.81. The Morgan fingerprint density at radius 1 is 1.20 bits per heavy atom. The Bertz CT molecular complexity index is 643. The number of carbonyl (C=O) groups is 2. The fraction of sp³-hybridized carbons (Fsp3) is 0.286. The molecule has 5 nitrogen and oxygen atoms in total. The van der Waals surface area contributed by atoms with E-state index in [4.69, 9.17) is 4.42 Å². The van der Waals surface area contributed by atoms with Crippen LogP contribution in [0.1, 0.15) is 43.4 Å². The summed E-state index contributed by atoms with van der Waals surface area (Å²) >= 11 is 1.41. The van der Waals surface area contributed by atoms with Crippen LogP contribution in [0.2, 0.25) is 0 Å². The molecule has 2 aromatic heterocycles. The molecule has 0 unspecified atom stereocenters. The van der Waals surface area contributed by atoms with Crippen LogP contribution in [0.25, 0.3) is 0 Å². The predicted molar refractivity (Wildman–Crippen MR) is 76.8 cm³/mol. The Balaban J connectivity index is 1.96. The lowest BCUT2D eigenvalue weighted by Crippen LogP contribution is -2.41. The Labute approximate surface area is 121 Å². The molecule has 6 heteroatoms. The van der Waals surface area contributed by atoms with Gasteiger partial charge in [-0.3, -0.25) is 20.4 Å². The van der Waals surface area contributed by atoms with Crippen molar-refractivity contribution in [2.24, 2.45) is 0 Å². The Kier molecular flexibility index (Phi) is 4.24. The summed E-state index contributed by atoms with van der Waals surface area (Å²) in [7, 11) is 0. The Hall–Kier alpha value is -2.08. The van der Waals surface area contributed by atoms with E-state index in [2.05, 4.69) is 10.9 Å². The van der Waals surface area contributed by atoms with E-state index in [0.29, 0.717) is 22.0 Å². The van der Waals surface area contributed by atoms with Crippen molar-refractivity contribution in [3.63, 3.8) is 0 Å². The van der Waals surface area contributed by atoms with Crippen LogP contribution in [-0.2, 0) is 6.42 Å². The monoisotopic (exact) mass is 292 g/mol. The van der Waals surface area contributed by atoms with Gasteiger partial charge in [0.25, 0.3) is 11.8 Å². The van der Waals surface area contributed by atoms with E-state index in [-0.39, 0.29) is 11.8 Å². The van der Waals surface area contributed by atoms with E-state index in [1.165, 1.54) is 11.3 Å². The van der Waals surface area contributed by atoms with E-state index in [9.17, 15) is 9.59 Å². The molecule has 0 bridgehead atoms. The first kappa shape index (κ1) is 14.3. The van der Waals surface area contributed by atoms with Crippen molar-refractivity contribution in [3.8, 4) is 0 Å². The molecule has 106 valence electrons. The fourth-order valence-corrected chi connectivity index (χ4v) is 2.63. The third kappa shape index (κ3) is 3.08. The molecule has 2 heterocycles. The van der Waals surface area contributed by atoms with Crippen LogP contribution in [0.15, 0.2) is 22.6 Å². The van der Waals surface area contributed by atoms with Crippen LogP contribution >= 0.6 is 11.3 Å². The molecule has 0 aliphatic carbocycles. The number of furan rings is 1. The highest BCUT2D eigenvalue weighted by molar-refractivity contribution is 7.14. The molecule has 0 aliphatic heterocycles. The Morgan fingerprint density at radius 3 is 2.45 bits per heavy atom. The SMILES string of the molecule is CCc1ccc(C(=O)NNC(=O)c2cc(C)oc2C)s1. The third-order valence-corrected chi connectivity index (χ3v) is 4.04. The number of hydrogen-bond donors (Lipinski definition) is 2. The van der Waals surface area contributed by atoms with Crippen LogP contribution in [-0.4, -0.2) is 11.8 Å². The molecular formula is C14H16N2O3S. The maximum Gasteiger partial charge on any atom is 0.279 e. The molecule has 0 spiro atoms. The van der Waals surface area contributed by atoms with Gasteiger partial charge in [-0.05, 0) is 38.5 Å². The van der Waals surface area contributed by atoms with E-state index in [1.54, 1.807) is 26.0 Å². The van der Waals surface area contributed by atoms with Gasteiger partial charge in [0.2, 0.25) is 0 Å². The smallest absolute Gasteiger partial charge is 0.279 e. The molecule has 0 fully saturated rings. The van der Waals surface area contributed by atoms with E-state index in [0.717, 1.165) is 11.3 Å². The summed E-state index contributed by atoms with van der Waals surface area (Å²) in [6.07, 6.45) is 0.887. The van der Waals surface area contributed by atoms with Gasteiger partial charge in [0.05, 0.1) is 10.4 Å². The van der Waals surface area contributed by atoms with Gasteiger partial charge in [0, 0.05) is 4.88 Å². The zero-order valence-corrected chi connectivity index (χ0v) is 12.4. The molecular weight excluding hydrogens is 276 g/mol. The second-order valence-electron chi connectivity index (χ2n) is 4.35. The lowest BCUT2D eigenvalue weighted by molar-refractivity contribution is 0.0848. The van der Waals surface area contributed by atoms with Gasteiger partial charge in [-0.25, -0.2) is 0 Å². The summed E-state index contributed by atoms with van der Waals surface area (Å²) in [5.74, 6) is 0.476. The molecule has 0 aliphatic rings. The average molecular weight is 292 g/mol. The van der Waals surface area contributed by atoms with Crippen LogP contribution in [0.3, 0.4) is 0 Å². The number of hydrogen-bond acceptors (Lipinski definition) is 4. The number of nitrogens with one attached hydrogen (secondary N) is 2. The normalized spacial score (nSPS) is 10.3. The van der Waals surface area contributed by atoms with Crippen molar-refractivity contribution < 1.29 is 14.0 Å². The second-order valence-corrected chi connectivity index (χ2v) is 5.52. The van der Waals surface area contributed by atoms with Gasteiger partial charge >= 0.3 is 0 Å². The first-order chi connectivity index (χ1) is 9.51. The van der Waals surface area contributed by atoms with Crippen molar-refractivity contribution in [2.45, 2.75) is 27.2 Å². The van der Waals surface area contributed by atoms with Gasteiger partial charge in [-0.15, -0.1) is 11.3 Å². The molecule has 0 aromatic carbocycles. The topological polar surface area (TPSA) is 71.3 Å². The van der Waals surface area contributed by atoms with Crippen molar-refractivity contribution in [2.75, 3.05) is 0 Å². The van der Waals surface area contributed by atoms with Crippen LogP contribution < -0.4 is 10.9 Å². The van der Waals surface area contributed by atoms with Crippen molar-refractivity contribution >= 4 is 23.2 Å².